The van der Waals surface area contributed by atoms with E-state index in [0.29, 0.717) is 25.2 Å². The maximum Gasteiger partial charge on any atom is 0.391 e. The summed E-state index contributed by atoms with van der Waals surface area (Å²) in [7, 11) is 3.90. The summed E-state index contributed by atoms with van der Waals surface area (Å²) in [6.45, 7) is 1.51. The van der Waals surface area contributed by atoms with Gasteiger partial charge in [0.2, 0.25) is 0 Å². The molecule has 1 aliphatic heterocycles. The summed E-state index contributed by atoms with van der Waals surface area (Å²) in [5, 5.41) is 3.28. The van der Waals surface area contributed by atoms with Crippen LogP contribution in [0.2, 0.25) is 0 Å². The maximum absolute atomic E-state index is 12.8. The minimum Gasteiger partial charge on any atom is -0.372 e. The first-order valence-electron chi connectivity index (χ1n) is 9.68. The highest BCUT2D eigenvalue weighted by molar-refractivity contribution is 5.80. The summed E-state index contributed by atoms with van der Waals surface area (Å²) < 4.78 is 38.5. The minimum atomic E-state index is -4.09. The van der Waals surface area contributed by atoms with Gasteiger partial charge in [0.15, 0.2) is 0 Å². The van der Waals surface area contributed by atoms with Crippen molar-refractivity contribution < 1.29 is 18.0 Å². The Kier molecular flexibility index (Phi) is 6.47. The number of hydrogen-bond acceptors (Lipinski definition) is 4. The van der Waals surface area contributed by atoms with Crippen molar-refractivity contribution in [2.24, 2.45) is 5.92 Å². The van der Waals surface area contributed by atoms with E-state index in [1.54, 1.807) is 0 Å². The fourth-order valence-corrected chi connectivity index (χ4v) is 3.65. The van der Waals surface area contributed by atoms with Crippen LogP contribution in [0.1, 0.15) is 28.8 Å². The molecule has 0 aromatic heterocycles. The van der Waals surface area contributed by atoms with Crippen molar-refractivity contribution in [3.8, 4) is 0 Å². The van der Waals surface area contributed by atoms with Crippen LogP contribution in [0.3, 0.4) is 0 Å². The SMILES string of the molecule is CN(C)Cc1ccc(Nc2ccc(N3CCC(C(F)(F)F)CC3)cc2)cc1C=O. The van der Waals surface area contributed by atoms with E-state index in [1.807, 2.05) is 66.4 Å². The van der Waals surface area contributed by atoms with Crippen molar-refractivity contribution in [2.45, 2.75) is 25.6 Å². The second-order valence-electron chi connectivity index (χ2n) is 7.74. The second-order valence-corrected chi connectivity index (χ2v) is 7.74. The van der Waals surface area contributed by atoms with Crippen LogP contribution in [0.5, 0.6) is 0 Å². The summed E-state index contributed by atoms with van der Waals surface area (Å²) in [6, 6.07) is 13.3. The van der Waals surface area contributed by atoms with E-state index in [1.165, 1.54) is 0 Å². The molecular weight excluding hydrogens is 379 g/mol. The van der Waals surface area contributed by atoms with E-state index in [-0.39, 0.29) is 12.8 Å². The average Bonchev–Trinajstić information content (AvgIpc) is 2.69. The lowest BCUT2D eigenvalue weighted by Crippen LogP contribution is -2.38. The van der Waals surface area contributed by atoms with Gasteiger partial charge in [-0.15, -0.1) is 0 Å². The molecule has 0 unspecified atom stereocenters. The average molecular weight is 405 g/mol. The van der Waals surface area contributed by atoms with Crippen molar-refractivity contribution in [1.29, 1.82) is 0 Å². The van der Waals surface area contributed by atoms with Crippen LogP contribution < -0.4 is 10.2 Å². The number of halogens is 3. The molecule has 0 atom stereocenters. The molecule has 156 valence electrons. The van der Waals surface area contributed by atoms with Gasteiger partial charge in [-0.05, 0) is 68.9 Å². The van der Waals surface area contributed by atoms with E-state index in [4.69, 9.17) is 0 Å². The highest BCUT2D eigenvalue weighted by atomic mass is 19.4. The van der Waals surface area contributed by atoms with E-state index in [2.05, 4.69) is 5.32 Å². The third-order valence-electron chi connectivity index (χ3n) is 5.24. The van der Waals surface area contributed by atoms with E-state index >= 15 is 0 Å². The van der Waals surface area contributed by atoms with Gasteiger partial charge >= 0.3 is 6.18 Å². The summed E-state index contributed by atoms with van der Waals surface area (Å²) in [5.41, 5.74) is 4.21. The molecule has 29 heavy (non-hydrogen) atoms. The number of rotatable bonds is 6. The van der Waals surface area contributed by atoms with Crippen LogP contribution in [0.4, 0.5) is 30.2 Å². The molecule has 7 heteroatoms. The Labute approximate surface area is 169 Å². The Bertz CT molecular complexity index is 826. The quantitative estimate of drug-likeness (QED) is 0.680. The van der Waals surface area contributed by atoms with Crippen LogP contribution in [0, 0.1) is 5.92 Å². The Morgan fingerprint density at radius 2 is 1.69 bits per heavy atom. The number of anilines is 3. The van der Waals surface area contributed by atoms with Crippen LogP contribution in [0.15, 0.2) is 42.5 Å². The summed E-state index contributed by atoms with van der Waals surface area (Å²) >= 11 is 0. The van der Waals surface area contributed by atoms with E-state index < -0.39 is 12.1 Å². The highest BCUT2D eigenvalue weighted by Crippen LogP contribution is 2.35. The Hall–Kier alpha value is -2.54. The normalized spacial score (nSPS) is 15.6. The molecule has 0 bridgehead atoms. The number of nitrogens with zero attached hydrogens (tertiary/aromatic N) is 2. The third kappa shape index (κ3) is 5.50. The number of nitrogens with one attached hydrogen (secondary N) is 1. The number of benzene rings is 2. The van der Waals surface area contributed by atoms with Crippen LogP contribution in [-0.4, -0.2) is 44.5 Å². The van der Waals surface area contributed by atoms with Gasteiger partial charge in [0, 0.05) is 42.3 Å². The lowest BCUT2D eigenvalue weighted by Gasteiger charge is -2.34. The van der Waals surface area contributed by atoms with Crippen LogP contribution >= 0.6 is 0 Å². The summed E-state index contributed by atoms with van der Waals surface area (Å²) in [6.07, 6.45) is -2.96. The number of hydrogen-bond donors (Lipinski definition) is 1. The predicted molar refractivity (Wildman–Crippen MR) is 110 cm³/mol. The van der Waals surface area contributed by atoms with Gasteiger partial charge in [-0.25, -0.2) is 0 Å². The van der Waals surface area contributed by atoms with Gasteiger partial charge in [0.25, 0.3) is 0 Å². The van der Waals surface area contributed by atoms with Gasteiger partial charge in [0.1, 0.15) is 6.29 Å². The largest absolute Gasteiger partial charge is 0.391 e. The van der Waals surface area contributed by atoms with Crippen LogP contribution in [-0.2, 0) is 6.54 Å². The third-order valence-corrected chi connectivity index (χ3v) is 5.24. The standard InChI is InChI=1S/C22H26F3N3O/c1-27(2)14-16-3-4-20(13-17(16)15-29)26-19-5-7-21(8-6-19)28-11-9-18(10-12-28)22(23,24)25/h3-8,13,15,18,26H,9-12,14H2,1-2H3. The summed E-state index contributed by atoms with van der Waals surface area (Å²) in [4.78, 5) is 15.4. The van der Waals surface area contributed by atoms with Gasteiger partial charge in [-0.1, -0.05) is 6.07 Å². The minimum absolute atomic E-state index is 0.136. The fourth-order valence-electron chi connectivity index (χ4n) is 3.65. The number of carbonyl (C=O) groups excluding carboxylic acids is 1. The Morgan fingerprint density at radius 1 is 1.07 bits per heavy atom. The first kappa shape index (κ1) is 21.2. The molecule has 1 heterocycles. The molecule has 0 spiro atoms. The Balaban J connectivity index is 1.63. The monoisotopic (exact) mass is 405 g/mol. The van der Waals surface area contributed by atoms with Crippen molar-refractivity contribution in [3.63, 3.8) is 0 Å². The molecule has 1 fully saturated rings. The van der Waals surface area contributed by atoms with Gasteiger partial charge in [-0.2, -0.15) is 13.2 Å². The number of aldehydes is 1. The van der Waals surface area contributed by atoms with Crippen molar-refractivity contribution in [2.75, 3.05) is 37.4 Å². The molecule has 4 nitrogen and oxygen atoms in total. The Morgan fingerprint density at radius 3 is 2.24 bits per heavy atom. The van der Waals surface area contributed by atoms with Crippen molar-refractivity contribution >= 4 is 23.3 Å². The smallest absolute Gasteiger partial charge is 0.372 e. The molecule has 0 aliphatic carbocycles. The van der Waals surface area contributed by atoms with Gasteiger partial charge < -0.3 is 15.1 Å². The number of carbonyl (C=O) groups is 1. The van der Waals surface area contributed by atoms with Gasteiger partial charge in [-0.3, -0.25) is 4.79 Å². The van der Waals surface area contributed by atoms with Crippen molar-refractivity contribution in [1.82, 2.24) is 4.90 Å². The van der Waals surface area contributed by atoms with E-state index in [9.17, 15) is 18.0 Å². The molecule has 1 saturated heterocycles. The molecule has 2 aromatic carbocycles. The van der Waals surface area contributed by atoms with E-state index in [0.717, 1.165) is 28.9 Å². The first-order chi connectivity index (χ1) is 13.8. The number of alkyl halides is 3. The lowest BCUT2D eigenvalue weighted by molar-refractivity contribution is -0.179. The maximum atomic E-state index is 12.8. The second kappa shape index (κ2) is 8.86. The van der Waals surface area contributed by atoms with Gasteiger partial charge in [0.05, 0.1) is 5.92 Å². The lowest BCUT2D eigenvalue weighted by atomic mass is 9.96. The highest BCUT2D eigenvalue weighted by Gasteiger charge is 2.41. The first-order valence-corrected chi connectivity index (χ1v) is 9.68. The molecule has 3 rings (SSSR count). The topological polar surface area (TPSA) is 35.6 Å². The molecular formula is C22H26F3N3O. The predicted octanol–water partition coefficient (Wildman–Crippen LogP) is 5.08. The molecule has 1 N–H and O–H groups in total. The number of piperidine rings is 1. The molecule has 0 radical (unpaired) electrons. The molecule has 1 aliphatic rings. The van der Waals surface area contributed by atoms with Crippen LogP contribution in [0.25, 0.3) is 0 Å². The fraction of sp³-hybridized carbons (Fsp3) is 0.409. The summed E-state index contributed by atoms with van der Waals surface area (Å²) in [5.74, 6) is -1.19. The van der Waals surface area contributed by atoms with Crippen molar-refractivity contribution in [3.05, 3.63) is 53.6 Å². The zero-order chi connectivity index (χ0) is 21.0. The zero-order valence-electron chi connectivity index (χ0n) is 16.7. The zero-order valence-corrected chi connectivity index (χ0v) is 16.7. The molecule has 0 saturated carbocycles. The molecule has 2 aromatic rings. The molecule has 0 amide bonds.